The van der Waals surface area contributed by atoms with Crippen LogP contribution in [-0.4, -0.2) is 42.0 Å². The lowest BCUT2D eigenvalue weighted by atomic mass is 9.89. The third-order valence-corrected chi connectivity index (χ3v) is 10.1. The van der Waals surface area contributed by atoms with Gasteiger partial charge in [-0.25, -0.2) is 0 Å². The van der Waals surface area contributed by atoms with Crippen molar-refractivity contribution in [3.8, 4) is 16.9 Å². The summed E-state index contributed by atoms with van der Waals surface area (Å²) in [5, 5.41) is 12.2. The van der Waals surface area contributed by atoms with Crippen molar-refractivity contribution in [3.05, 3.63) is 117 Å². The highest BCUT2D eigenvalue weighted by molar-refractivity contribution is 6.43. The first-order valence-electron chi connectivity index (χ1n) is 15.7. The molecule has 4 aromatic carbocycles. The van der Waals surface area contributed by atoms with Crippen LogP contribution in [0.2, 0.25) is 10.0 Å². The third kappa shape index (κ3) is 6.92. The molecule has 1 N–H and O–H groups in total. The van der Waals surface area contributed by atoms with Crippen LogP contribution in [-0.2, 0) is 6.18 Å². The van der Waals surface area contributed by atoms with E-state index >= 15 is 0 Å². The number of aromatic hydroxyl groups is 1. The normalized spacial score (nSPS) is 16.9. The molecule has 0 spiro atoms. The summed E-state index contributed by atoms with van der Waals surface area (Å²) in [6.07, 6.45) is 0.394. The molecule has 1 aliphatic carbocycles. The van der Waals surface area contributed by atoms with Gasteiger partial charge in [0.1, 0.15) is 5.75 Å². The molecule has 46 heavy (non-hydrogen) atoms. The average Bonchev–Trinajstić information content (AvgIpc) is 3.57. The van der Waals surface area contributed by atoms with Crippen LogP contribution >= 0.6 is 23.2 Å². The van der Waals surface area contributed by atoms with Gasteiger partial charge in [0.2, 0.25) is 0 Å². The maximum atomic E-state index is 14.0. The number of hydrogen-bond donors (Lipinski definition) is 1. The lowest BCUT2D eigenvalue weighted by Gasteiger charge is -2.41. The van der Waals surface area contributed by atoms with Gasteiger partial charge in [-0.2, -0.15) is 13.2 Å². The summed E-state index contributed by atoms with van der Waals surface area (Å²) in [5.41, 5.74) is 2.36. The molecule has 0 radical (unpaired) electrons. The molecule has 1 saturated heterocycles. The van der Waals surface area contributed by atoms with Gasteiger partial charge in [0.15, 0.2) is 5.78 Å². The second-order valence-corrected chi connectivity index (χ2v) is 13.0. The number of hydrogen-bond acceptors (Lipinski definition) is 4. The number of ketones is 1. The Morgan fingerprint density at radius 1 is 0.870 bits per heavy atom. The number of alkyl halides is 3. The predicted molar refractivity (Wildman–Crippen MR) is 178 cm³/mol. The Hall–Kier alpha value is -3.52. The Bertz CT molecular complexity index is 1710. The number of piperazine rings is 1. The Morgan fingerprint density at radius 3 is 2.33 bits per heavy atom. The maximum Gasteiger partial charge on any atom is 0.417 e. The molecular formula is C37H35Cl2F3N2O2. The van der Waals surface area contributed by atoms with Crippen molar-refractivity contribution >= 4 is 34.7 Å². The quantitative estimate of drug-likeness (QED) is 0.190. The summed E-state index contributed by atoms with van der Waals surface area (Å²) in [6.45, 7) is 2.34. The Labute approximate surface area is 277 Å². The fourth-order valence-electron chi connectivity index (χ4n) is 6.94. The highest BCUT2D eigenvalue weighted by atomic mass is 35.5. The lowest BCUT2D eigenvalue weighted by molar-refractivity contribution is -0.137. The fourth-order valence-corrected chi connectivity index (χ4v) is 7.36. The van der Waals surface area contributed by atoms with Crippen molar-refractivity contribution < 1.29 is 23.1 Å². The van der Waals surface area contributed by atoms with E-state index in [1.807, 2.05) is 36.4 Å². The molecule has 240 valence electrons. The van der Waals surface area contributed by atoms with Crippen LogP contribution < -0.4 is 4.90 Å². The SMILES string of the molecule is O=C(CC1CCCC1)c1cccc(C(c2cc(-c3ccccc3C(F)(F)F)ccc2O)N2CCN(c3cccc(Cl)c3Cl)CC2)c1. The van der Waals surface area contributed by atoms with Crippen LogP contribution in [0.15, 0.2) is 84.9 Å². The first-order chi connectivity index (χ1) is 22.1. The van der Waals surface area contributed by atoms with E-state index in [1.165, 1.54) is 24.3 Å². The van der Waals surface area contributed by atoms with Crippen LogP contribution in [0.5, 0.6) is 5.75 Å². The standard InChI is InChI=1S/C37H35Cl2F3N2O2/c38-31-13-6-14-32(35(31)39)43-17-19-44(20-18-43)36(27-10-5-9-26(22-27)34(46)21-24-7-1-2-8-24)29-23-25(15-16-33(29)45)28-11-3-4-12-30(28)37(40,41)42/h3-6,9-16,22-24,36,45H,1-2,7-8,17-21H2. The number of phenols is 1. The zero-order chi connectivity index (χ0) is 32.4. The number of carbonyl (C=O) groups is 1. The molecule has 1 heterocycles. The van der Waals surface area contributed by atoms with Crippen LogP contribution in [0.25, 0.3) is 11.1 Å². The van der Waals surface area contributed by atoms with E-state index in [0.29, 0.717) is 65.3 Å². The largest absolute Gasteiger partial charge is 0.508 e. The highest BCUT2D eigenvalue weighted by Crippen LogP contribution is 2.42. The topological polar surface area (TPSA) is 43.8 Å². The fraction of sp³-hybridized carbons (Fsp3) is 0.324. The van der Waals surface area contributed by atoms with E-state index in [-0.39, 0.29) is 17.1 Å². The lowest BCUT2D eigenvalue weighted by Crippen LogP contribution is -2.48. The minimum absolute atomic E-state index is 0.0266. The third-order valence-electron chi connectivity index (χ3n) is 9.29. The monoisotopic (exact) mass is 666 g/mol. The van der Waals surface area contributed by atoms with E-state index in [2.05, 4.69) is 9.80 Å². The Morgan fingerprint density at radius 2 is 1.59 bits per heavy atom. The van der Waals surface area contributed by atoms with Crippen LogP contribution in [0.3, 0.4) is 0 Å². The first kappa shape index (κ1) is 32.4. The molecule has 0 amide bonds. The zero-order valence-corrected chi connectivity index (χ0v) is 26.8. The van der Waals surface area contributed by atoms with E-state index in [1.54, 1.807) is 18.2 Å². The van der Waals surface area contributed by atoms with Gasteiger partial charge in [0, 0.05) is 43.7 Å². The second-order valence-electron chi connectivity index (χ2n) is 12.2. The van der Waals surface area contributed by atoms with Gasteiger partial charge in [-0.05, 0) is 59.0 Å². The van der Waals surface area contributed by atoms with Gasteiger partial charge in [-0.1, -0.05) is 97.4 Å². The molecule has 1 unspecified atom stereocenters. The number of carbonyl (C=O) groups excluding carboxylic acids is 1. The summed E-state index contributed by atoms with van der Waals surface area (Å²) < 4.78 is 42.0. The van der Waals surface area contributed by atoms with Gasteiger partial charge in [-0.15, -0.1) is 0 Å². The number of Topliss-reactive ketones (excluding diaryl/α,β-unsaturated/α-hetero) is 1. The first-order valence-corrected chi connectivity index (χ1v) is 16.4. The van der Waals surface area contributed by atoms with Crippen LogP contribution in [0.1, 0.15) is 65.2 Å². The Kier molecular flexibility index (Phi) is 9.64. The number of rotatable bonds is 8. The van der Waals surface area contributed by atoms with Crippen molar-refractivity contribution in [2.24, 2.45) is 5.92 Å². The summed E-state index contributed by atoms with van der Waals surface area (Å²) in [5.74, 6) is 0.457. The summed E-state index contributed by atoms with van der Waals surface area (Å²) >= 11 is 12.8. The molecule has 0 aromatic heterocycles. The van der Waals surface area contributed by atoms with Crippen LogP contribution in [0, 0.1) is 5.92 Å². The van der Waals surface area contributed by atoms with Crippen molar-refractivity contribution in [2.45, 2.75) is 44.3 Å². The van der Waals surface area contributed by atoms with Gasteiger partial charge in [0.05, 0.1) is 27.3 Å². The molecule has 1 aliphatic heterocycles. The van der Waals surface area contributed by atoms with E-state index in [9.17, 15) is 23.1 Å². The number of anilines is 1. The molecule has 2 aliphatic rings. The number of benzene rings is 4. The van der Waals surface area contributed by atoms with Crippen LogP contribution in [0.4, 0.5) is 18.9 Å². The summed E-state index contributed by atoms with van der Waals surface area (Å²) in [4.78, 5) is 17.7. The van der Waals surface area contributed by atoms with Crippen molar-refractivity contribution in [2.75, 3.05) is 31.1 Å². The maximum absolute atomic E-state index is 14.0. The summed E-state index contributed by atoms with van der Waals surface area (Å²) in [6, 6.07) is 22.6. The summed E-state index contributed by atoms with van der Waals surface area (Å²) in [7, 11) is 0. The number of nitrogens with zero attached hydrogens (tertiary/aromatic N) is 2. The smallest absolute Gasteiger partial charge is 0.417 e. The van der Waals surface area contributed by atoms with Gasteiger partial charge >= 0.3 is 6.18 Å². The Balaban J connectivity index is 1.38. The van der Waals surface area contributed by atoms with Crippen molar-refractivity contribution in [1.29, 1.82) is 0 Å². The molecule has 2 fully saturated rings. The molecule has 1 saturated carbocycles. The minimum Gasteiger partial charge on any atom is -0.508 e. The average molecular weight is 668 g/mol. The van der Waals surface area contributed by atoms with E-state index in [0.717, 1.165) is 43.0 Å². The zero-order valence-electron chi connectivity index (χ0n) is 25.2. The van der Waals surface area contributed by atoms with Gasteiger partial charge < -0.3 is 10.0 Å². The predicted octanol–water partition coefficient (Wildman–Crippen LogP) is 10.1. The molecule has 1 atom stereocenters. The number of phenolic OH excluding ortho intramolecular Hbond substituents is 1. The van der Waals surface area contributed by atoms with E-state index < -0.39 is 17.8 Å². The molecule has 9 heteroatoms. The van der Waals surface area contributed by atoms with Crippen molar-refractivity contribution in [1.82, 2.24) is 4.90 Å². The van der Waals surface area contributed by atoms with E-state index in [4.69, 9.17) is 23.2 Å². The molecule has 4 aromatic rings. The number of halogens is 5. The van der Waals surface area contributed by atoms with Gasteiger partial charge in [-0.3, -0.25) is 9.69 Å². The van der Waals surface area contributed by atoms with Gasteiger partial charge in [0.25, 0.3) is 0 Å². The molecule has 6 rings (SSSR count). The van der Waals surface area contributed by atoms with Crippen molar-refractivity contribution in [3.63, 3.8) is 0 Å². The molecule has 4 nitrogen and oxygen atoms in total. The molecular weight excluding hydrogens is 632 g/mol. The minimum atomic E-state index is -4.54. The second kappa shape index (κ2) is 13.7. The molecule has 0 bridgehead atoms. The highest BCUT2D eigenvalue weighted by Gasteiger charge is 2.34.